The number of benzene rings is 3. The summed E-state index contributed by atoms with van der Waals surface area (Å²) in [4.78, 5) is 35.3. The zero-order valence-electron chi connectivity index (χ0n) is 20.3. The van der Waals surface area contributed by atoms with E-state index in [1.54, 1.807) is 29.2 Å². The standard InChI is InChI=1S/C29H29Cl2N3O3/c30-19-14-15-22(23(31)16-19)27-26(28(35)33-37-17-18-8-2-1-3-9-18)20-10-4-5-11-21(20)29(36)34(27)25-13-7-6-12-24(25)32/h1-5,8-11,14-16,24-27H,6-7,12-13,17,32H2,(H,33,35)/t24-,25?,26+,27-/m0/s1. The third-order valence-electron chi connectivity index (χ3n) is 7.33. The van der Waals surface area contributed by atoms with E-state index in [0.717, 1.165) is 31.2 Å². The maximum atomic E-state index is 14.0. The molecule has 1 aliphatic carbocycles. The number of carbonyl (C=O) groups excluding carboxylic acids is 2. The van der Waals surface area contributed by atoms with Crippen LogP contribution in [-0.4, -0.2) is 28.8 Å². The van der Waals surface area contributed by atoms with Gasteiger partial charge in [0.25, 0.3) is 11.8 Å². The molecule has 0 spiro atoms. The summed E-state index contributed by atoms with van der Waals surface area (Å²) in [6.45, 7) is 0.212. The maximum Gasteiger partial charge on any atom is 0.255 e. The molecule has 1 unspecified atom stereocenters. The average Bonchev–Trinajstić information content (AvgIpc) is 2.90. The van der Waals surface area contributed by atoms with Gasteiger partial charge >= 0.3 is 0 Å². The van der Waals surface area contributed by atoms with Gasteiger partial charge in [-0.3, -0.25) is 14.4 Å². The number of halogens is 2. The molecule has 3 N–H and O–H groups in total. The lowest BCUT2D eigenvalue weighted by atomic mass is 9.76. The van der Waals surface area contributed by atoms with E-state index >= 15 is 0 Å². The molecule has 5 rings (SSSR count). The topological polar surface area (TPSA) is 84.7 Å². The highest BCUT2D eigenvalue weighted by atomic mass is 35.5. The molecule has 3 aromatic carbocycles. The summed E-state index contributed by atoms with van der Waals surface area (Å²) in [5, 5.41) is 0.867. The van der Waals surface area contributed by atoms with E-state index in [2.05, 4.69) is 5.48 Å². The fourth-order valence-electron chi connectivity index (χ4n) is 5.58. The number of hydroxylamine groups is 1. The third-order valence-corrected chi connectivity index (χ3v) is 7.90. The minimum atomic E-state index is -0.766. The maximum absolute atomic E-state index is 14.0. The van der Waals surface area contributed by atoms with Crippen LogP contribution in [0, 0.1) is 0 Å². The van der Waals surface area contributed by atoms with Crippen LogP contribution in [0.25, 0.3) is 0 Å². The monoisotopic (exact) mass is 537 g/mol. The highest BCUT2D eigenvalue weighted by molar-refractivity contribution is 6.35. The normalized spacial score (nSPS) is 23.4. The predicted molar refractivity (Wildman–Crippen MR) is 144 cm³/mol. The zero-order chi connectivity index (χ0) is 25.9. The minimum absolute atomic E-state index is 0.150. The lowest BCUT2D eigenvalue weighted by Gasteiger charge is -2.48. The van der Waals surface area contributed by atoms with Gasteiger partial charge in [-0.15, -0.1) is 0 Å². The van der Waals surface area contributed by atoms with E-state index in [0.29, 0.717) is 26.7 Å². The fourth-order valence-corrected chi connectivity index (χ4v) is 6.11. The van der Waals surface area contributed by atoms with Crippen molar-refractivity contribution in [3.05, 3.63) is 105 Å². The quantitative estimate of drug-likeness (QED) is 0.389. The van der Waals surface area contributed by atoms with Crippen molar-refractivity contribution < 1.29 is 14.4 Å². The Hall–Kier alpha value is -2.90. The number of nitrogens with zero attached hydrogens (tertiary/aromatic N) is 1. The van der Waals surface area contributed by atoms with Crippen molar-refractivity contribution in [1.82, 2.24) is 10.4 Å². The Bertz CT molecular complexity index is 1290. The molecule has 0 radical (unpaired) electrons. The number of hydrogen-bond acceptors (Lipinski definition) is 4. The van der Waals surface area contributed by atoms with Crippen LogP contribution in [0.3, 0.4) is 0 Å². The van der Waals surface area contributed by atoms with Crippen molar-refractivity contribution in [3.8, 4) is 0 Å². The SMILES string of the molecule is N[C@H]1CCCCC1N1C(=O)c2ccccc2[C@@H](C(=O)NOCc2ccccc2)[C@@H]1c1ccc(Cl)cc1Cl. The second-order valence-corrected chi connectivity index (χ2v) is 10.5. The van der Waals surface area contributed by atoms with E-state index in [1.807, 2.05) is 48.5 Å². The molecule has 1 heterocycles. The lowest BCUT2D eigenvalue weighted by Crippen LogP contribution is -2.57. The van der Waals surface area contributed by atoms with E-state index in [1.165, 1.54) is 0 Å². The number of fused-ring (bicyclic) bond motifs is 1. The molecule has 37 heavy (non-hydrogen) atoms. The van der Waals surface area contributed by atoms with Crippen LogP contribution in [-0.2, 0) is 16.2 Å². The predicted octanol–water partition coefficient (Wildman–Crippen LogP) is 5.79. The summed E-state index contributed by atoms with van der Waals surface area (Å²) in [6, 6.07) is 20.9. The van der Waals surface area contributed by atoms with Gasteiger partial charge in [0, 0.05) is 27.7 Å². The summed E-state index contributed by atoms with van der Waals surface area (Å²) >= 11 is 12.9. The molecule has 0 aromatic heterocycles. The summed E-state index contributed by atoms with van der Waals surface area (Å²) < 4.78 is 0. The summed E-state index contributed by atoms with van der Waals surface area (Å²) in [7, 11) is 0. The van der Waals surface area contributed by atoms with Gasteiger partial charge in [-0.1, -0.05) is 90.6 Å². The molecule has 3 aromatic rings. The number of amides is 2. The third kappa shape index (κ3) is 5.25. The van der Waals surface area contributed by atoms with Crippen molar-refractivity contribution in [2.24, 2.45) is 5.73 Å². The van der Waals surface area contributed by atoms with Gasteiger partial charge in [-0.05, 0) is 47.7 Å². The van der Waals surface area contributed by atoms with E-state index in [9.17, 15) is 9.59 Å². The molecule has 2 aliphatic rings. The van der Waals surface area contributed by atoms with Crippen LogP contribution < -0.4 is 11.2 Å². The molecular formula is C29H29Cl2N3O3. The van der Waals surface area contributed by atoms with E-state index in [4.69, 9.17) is 33.8 Å². The molecule has 1 fully saturated rings. The Morgan fingerprint density at radius 3 is 2.46 bits per heavy atom. The van der Waals surface area contributed by atoms with Gasteiger partial charge < -0.3 is 10.6 Å². The van der Waals surface area contributed by atoms with Crippen LogP contribution >= 0.6 is 23.2 Å². The van der Waals surface area contributed by atoms with Crippen molar-refractivity contribution in [2.75, 3.05) is 0 Å². The van der Waals surface area contributed by atoms with Gasteiger partial charge in [-0.2, -0.15) is 0 Å². The first-order valence-corrected chi connectivity index (χ1v) is 13.3. The van der Waals surface area contributed by atoms with Gasteiger partial charge in [0.15, 0.2) is 0 Å². The molecule has 0 saturated heterocycles. The molecule has 1 saturated carbocycles. The van der Waals surface area contributed by atoms with Crippen LogP contribution in [0.4, 0.5) is 0 Å². The average molecular weight is 538 g/mol. The number of hydrogen-bond donors (Lipinski definition) is 2. The van der Waals surface area contributed by atoms with Crippen LogP contribution in [0.1, 0.15) is 64.7 Å². The second-order valence-electron chi connectivity index (χ2n) is 9.64. The fraction of sp³-hybridized carbons (Fsp3) is 0.310. The molecule has 8 heteroatoms. The van der Waals surface area contributed by atoms with Crippen molar-refractivity contribution in [1.29, 1.82) is 0 Å². The Morgan fingerprint density at radius 2 is 1.70 bits per heavy atom. The Kier molecular flexibility index (Phi) is 7.81. The van der Waals surface area contributed by atoms with Gasteiger partial charge in [-0.25, -0.2) is 5.48 Å². The van der Waals surface area contributed by atoms with Crippen molar-refractivity contribution >= 4 is 35.0 Å². The highest BCUT2D eigenvalue weighted by Crippen LogP contribution is 2.47. The van der Waals surface area contributed by atoms with Gasteiger partial charge in [0.2, 0.25) is 0 Å². The minimum Gasteiger partial charge on any atom is -0.326 e. The molecule has 2 amide bonds. The second kappa shape index (κ2) is 11.2. The van der Waals surface area contributed by atoms with Crippen LogP contribution in [0.2, 0.25) is 10.0 Å². The number of nitrogens with one attached hydrogen (secondary N) is 1. The lowest BCUT2D eigenvalue weighted by molar-refractivity contribution is -0.138. The summed E-state index contributed by atoms with van der Waals surface area (Å²) in [5.74, 6) is -1.28. The summed E-state index contributed by atoms with van der Waals surface area (Å²) in [6.07, 6.45) is 3.55. The Balaban J connectivity index is 1.57. The molecule has 4 atom stereocenters. The first-order chi connectivity index (χ1) is 18.0. The Labute approximate surface area is 226 Å². The van der Waals surface area contributed by atoms with Crippen molar-refractivity contribution in [3.63, 3.8) is 0 Å². The molecule has 0 bridgehead atoms. The molecular weight excluding hydrogens is 509 g/mol. The van der Waals surface area contributed by atoms with Gasteiger partial charge in [0.05, 0.1) is 18.6 Å². The molecule has 1 aliphatic heterocycles. The highest BCUT2D eigenvalue weighted by Gasteiger charge is 2.48. The van der Waals surface area contributed by atoms with Crippen LogP contribution in [0.5, 0.6) is 0 Å². The number of nitrogens with two attached hydrogens (primary N) is 1. The molecule has 6 nitrogen and oxygen atoms in total. The first kappa shape index (κ1) is 25.7. The zero-order valence-corrected chi connectivity index (χ0v) is 21.8. The van der Waals surface area contributed by atoms with Crippen LogP contribution in [0.15, 0.2) is 72.8 Å². The Morgan fingerprint density at radius 1 is 0.973 bits per heavy atom. The van der Waals surface area contributed by atoms with Gasteiger partial charge in [0.1, 0.15) is 0 Å². The molecule has 192 valence electrons. The number of rotatable bonds is 6. The smallest absolute Gasteiger partial charge is 0.255 e. The largest absolute Gasteiger partial charge is 0.326 e. The summed E-state index contributed by atoms with van der Waals surface area (Å²) in [5.41, 5.74) is 11.9. The van der Waals surface area contributed by atoms with Crippen molar-refractivity contribution in [2.45, 2.75) is 56.3 Å². The van der Waals surface area contributed by atoms with E-state index < -0.39 is 12.0 Å². The van der Waals surface area contributed by atoms with E-state index in [-0.39, 0.29) is 30.5 Å². The number of carbonyl (C=O) groups is 2. The first-order valence-electron chi connectivity index (χ1n) is 12.5.